The SMILES string of the molecule is C=CCn1c(C(N)CC)nc2cc(F)ccc21. The van der Waals surface area contributed by atoms with Crippen LogP contribution in [0.4, 0.5) is 4.39 Å². The Balaban J connectivity index is 2.65. The maximum atomic E-state index is 13.1. The molecular formula is C13H16FN3. The first-order valence-electron chi connectivity index (χ1n) is 5.69. The molecule has 0 fully saturated rings. The zero-order valence-corrected chi connectivity index (χ0v) is 9.86. The minimum absolute atomic E-state index is 0.134. The maximum absolute atomic E-state index is 13.1. The number of rotatable bonds is 4. The monoisotopic (exact) mass is 233 g/mol. The van der Waals surface area contributed by atoms with Crippen molar-refractivity contribution in [2.45, 2.75) is 25.9 Å². The van der Waals surface area contributed by atoms with E-state index in [4.69, 9.17) is 5.73 Å². The first-order chi connectivity index (χ1) is 8.17. The Labute approximate surface area is 99.8 Å². The fourth-order valence-electron chi connectivity index (χ4n) is 1.91. The van der Waals surface area contributed by atoms with E-state index in [1.165, 1.54) is 12.1 Å². The number of allylic oxidation sites excluding steroid dienone is 1. The molecule has 0 aliphatic heterocycles. The number of aromatic nitrogens is 2. The van der Waals surface area contributed by atoms with Gasteiger partial charge in [0.15, 0.2) is 0 Å². The van der Waals surface area contributed by atoms with Crippen LogP contribution in [0.15, 0.2) is 30.9 Å². The number of fused-ring (bicyclic) bond motifs is 1. The standard InChI is InChI=1S/C13H16FN3/c1-3-7-17-12-6-5-9(14)8-11(12)16-13(17)10(15)4-2/h3,5-6,8,10H,1,4,7,15H2,2H3. The molecular weight excluding hydrogens is 217 g/mol. The average molecular weight is 233 g/mol. The molecule has 2 rings (SSSR count). The minimum atomic E-state index is -0.280. The molecule has 2 N–H and O–H groups in total. The molecule has 0 aliphatic carbocycles. The van der Waals surface area contributed by atoms with Crippen LogP contribution in [0.1, 0.15) is 25.2 Å². The number of hydrogen-bond acceptors (Lipinski definition) is 2. The fourth-order valence-corrected chi connectivity index (χ4v) is 1.91. The molecule has 90 valence electrons. The van der Waals surface area contributed by atoms with Crippen molar-refractivity contribution in [3.63, 3.8) is 0 Å². The minimum Gasteiger partial charge on any atom is -0.323 e. The van der Waals surface area contributed by atoms with Gasteiger partial charge in [-0.3, -0.25) is 0 Å². The summed E-state index contributed by atoms with van der Waals surface area (Å²) in [5.74, 6) is 0.505. The van der Waals surface area contributed by atoms with Gasteiger partial charge in [-0.2, -0.15) is 0 Å². The lowest BCUT2D eigenvalue weighted by atomic mass is 10.2. The Morgan fingerprint density at radius 1 is 1.59 bits per heavy atom. The summed E-state index contributed by atoms with van der Waals surface area (Å²) in [5, 5.41) is 0. The molecule has 0 bridgehead atoms. The number of imidazole rings is 1. The Bertz CT molecular complexity index is 545. The Kier molecular flexibility index (Phi) is 3.24. The fraction of sp³-hybridized carbons (Fsp3) is 0.308. The van der Waals surface area contributed by atoms with Crippen molar-refractivity contribution >= 4 is 11.0 Å². The van der Waals surface area contributed by atoms with Gasteiger partial charge in [-0.1, -0.05) is 13.0 Å². The van der Waals surface area contributed by atoms with E-state index in [0.29, 0.717) is 12.1 Å². The molecule has 0 radical (unpaired) electrons. The number of halogens is 1. The topological polar surface area (TPSA) is 43.8 Å². The van der Waals surface area contributed by atoms with Gasteiger partial charge in [0.25, 0.3) is 0 Å². The van der Waals surface area contributed by atoms with E-state index < -0.39 is 0 Å². The van der Waals surface area contributed by atoms with Crippen LogP contribution >= 0.6 is 0 Å². The molecule has 0 spiro atoms. The van der Waals surface area contributed by atoms with Crippen molar-refractivity contribution in [3.8, 4) is 0 Å². The second-order valence-corrected chi connectivity index (χ2v) is 4.02. The zero-order chi connectivity index (χ0) is 12.4. The molecule has 3 nitrogen and oxygen atoms in total. The summed E-state index contributed by atoms with van der Waals surface area (Å²) < 4.78 is 15.1. The van der Waals surface area contributed by atoms with Gasteiger partial charge in [-0.25, -0.2) is 9.37 Å². The van der Waals surface area contributed by atoms with E-state index in [1.807, 2.05) is 11.5 Å². The molecule has 1 aromatic carbocycles. The van der Waals surface area contributed by atoms with Crippen LogP contribution < -0.4 is 5.73 Å². The van der Waals surface area contributed by atoms with Crippen molar-refractivity contribution in [1.82, 2.24) is 9.55 Å². The molecule has 0 amide bonds. The summed E-state index contributed by atoms with van der Waals surface area (Å²) in [6.07, 6.45) is 2.58. The van der Waals surface area contributed by atoms with Crippen molar-refractivity contribution in [2.75, 3.05) is 0 Å². The van der Waals surface area contributed by atoms with Gasteiger partial charge >= 0.3 is 0 Å². The summed E-state index contributed by atoms with van der Waals surface area (Å²) in [6, 6.07) is 4.46. The van der Waals surface area contributed by atoms with E-state index in [9.17, 15) is 4.39 Å². The largest absolute Gasteiger partial charge is 0.323 e. The third-order valence-electron chi connectivity index (χ3n) is 2.82. The van der Waals surface area contributed by atoms with Crippen LogP contribution in [0, 0.1) is 5.82 Å². The van der Waals surface area contributed by atoms with E-state index in [1.54, 1.807) is 12.1 Å². The highest BCUT2D eigenvalue weighted by Gasteiger charge is 2.15. The molecule has 1 unspecified atom stereocenters. The molecule has 0 aliphatic rings. The van der Waals surface area contributed by atoms with E-state index in [0.717, 1.165) is 17.8 Å². The lowest BCUT2D eigenvalue weighted by molar-refractivity contribution is 0.609. The van der Waals surface area contributed by atoms with Crippen LogP contribution in [0.2, 0.25) is 0 Å². The highest BCUT2D eigenvalue weighted by atomic mass is 19.1. The van der Waals surface area contributed by atoms with Gasteiger partial charge in [0.05, 0.1) is 17.1 Å². The first kappa shape index (κ1) is 11.8. The summed E-state index contributed by atoms with van der Waals surface area (Å²) in [6.45, 7) is 6.36. The highest BCUT2D eigenvalue weighted by molar-refractivity contribution is 5.76. The molecule has 4 heteroatoms. The highest BCUT2D eigenvalue weighted by Crippen LogP contribution is 2.22. The van der Waals surface area contributed by atoms with Gasteiger partial charge in [0, 0.05) is 12.6 Å². The molecule has 1 atom stereocenters. The van der Waals surface area contributed by atoms with Crippen LogP contribution in [0.3, 0.4) is 0 Å². The third-order valence-corrected chi connectivity index (χ3v) is 2.82. The van der Waals surface area contributed by atoms with Crippen molar-refractivity contribution in [1.29, 1.82) is 0 Å². The molecule has 1 heterocycles. The second-order valence-electron chi connectivity index (χ2n) is 4.02. The quantitative estimate of drug-likeness (QED) is 0.825. The average Bonchev–Trinajstić information content (AvgIpc) is 2.67. The first-order valence-corrected chi connectivity index (χ1v) is 5.69. The normalized spacial score (nSPS) is 12.9. The number of hydrogen-bond donors (Lipinski definition) is 1. The summed E-state index contributed by atoms with van der Waals surface area (Å²) >= 11 is 0. The lowest BCUT2D eigenvalue weighted by Gasteiger charge is -2.11. The summed E-state index contributed by atoms with van der Waals surface area (Å²) in [7, 11) is 0. The van der Waals surface area contributed by atoms with E-state index >= 15 is 0 Å². The zero-order valence-electron chi connectivity index (χ0n) is 9.86. The second kappa shape index (κ2) is 4.67. The number of nitrogens with zero attached hydrogens (tertiary/aromatic N) is 2. The van der Waals surface area contributed by atoms with Crippen molar-refractivity contribution < 1.29 is 4.39 Å². The molecule has 17 heavy (non-hydrogen) atoms. The van der Waals surface area contributed by atoms with Crippen LogP contribution in [-0.2, 0) is 6.54 Å². The van der Waals surface area contributed by atoms with Crippen LogP contribution in [0.5, 0.6) is 0 Å². The summed E-state index contributed by atoms with van der Waals surface area (Å²) in [4.78, 5) is 4.41. The van der Waals surface area contributed by atoms with Gasteiger partial charge in [0.1, 0.15) is 11.6 Å². The summed E-state index contributed by atoms with van der Waals surface area (Å²) in [5.41, 5.74) is 7.55. The lowest BCUT2D eigenvalue weighted by Crippen LogP contribution is -2.15. The molecule has 2 aromatic rings. The smallest absolute Gasteiger partial charge is 0.127 e. The van der Waals surface area contributed by atoms with Gasteiger partial charge in [0.2, 0.25) is 0 Å². The Morgan fingerprint density at radius 2 is 2.35 bits per heavy atom. The van der Waals surface area contributed by atoms with Crippen molar-refractivity contribution in [2.24, 2.45) is 5.73 Å². The number of nitrogens with two attached hydrogens (primary N) is 1. The van der Waals surface area contributed by atoms with Gasteiger partial charge in [-0.15, -0.1) is 6.58 Å². The van der Waals surface area contributed by atoms with Crippen molar-refractivity contribution in [3.05, 3.63) is 42.5 Å². The number of benzene rings is 1. The Morgan fingerprint density at radius 3 is 3.00 bits per heavy atom. The predicted octanol–water partition coefficient (Wildman–Crippen LogP) is 2.77. The van der Waals surface area contributed by atoms with Gasteiger partial charge < -0.3 is 10.3 Å². The van der Waals surface area contributed by atoms with Crippen LogP contribution in [-0.4, -0.2) is 9.55 Å². The molecule has 0 saturated carbocycles. The van der Waals surface area contributed by atoms with E-state index in [-0.39, 0.29) is 11.9 Å². The third kappa shape index (κ3) is 2.08. The predicted molar refractivity (Wildman–Crippen MR) is 67.1 cm³/mol. The maximum Gasteiger partial charge on any atom is 0.127 e. The van der Waals surface area contributed by atoms with Gasteiger partial charge in [-0.05, 0) is 18.6 Å². The van der Waals surface area contributed by atoms with E-state index in [2.05, 4.69) is 11.6 Å². The Hall–Kier alpha value is -1.68. The molecule has 1 aromatic heterocycles. The van der Waals surface area contributed by atoms with Crippen LogP contribution in [0.25, 0.3) is 11.0 Å². The molecule has 0 saturated heterocycles.